The summed E-state index contributed by atoms with van der Waals surface area (Å²) in [6.07, 6.45) is 1.67. The van der Waals surface area contributed by atoms with Crippen LogP contribution < -0.4 is 10.6 Å². The van der Waals surface area contributed by atoms with Gasteiger partial charge in [-0.05, 0) is 41.4 Å². The average Bonchev–Trinajstić information content (AvgIpc) is 3.05. The summed E-state index contributed by atoms with van der Waals surface area (Å²) in [6, 6.07) is 5.91. The summed E-state index contributed by atoms with van der Waals surface area (Å²) in [5.74, 6) is 1.70. The third-order valence-corrected chi connectivity index (χ3v) is 3.09. The molecule has 6 heteroatoms. The van der Waals surface area contributed by atoms with Gasteiger partial charge in [0.1, 0.15) is 5.76 Å². The minimum Gasteiger partial charge on any atom is -0.467 e. The second-order valence-electron chi connectivity index (χ2n) is 3.76. The summed E-state index contributed by atoms with van der Waals surface area (Å²) < 4.78 is 5.27. The molecule has 0 bridgehead atoms. The first-order chi connectivity index (χ1) is 8.88. The van der Waals surface area contributed by atoms with Gasteiger partial charge in [-0.15, -0.1) is 24.0 Å². The lowest BCUT2D eigenvalue weighted by Crippen LogP contribution is -2.36. The standard InChI is InChI=1S/C13H17N3OS.HI/c1-2-14-13(15-8-11-5-7-18-10-11)16-9-12-4-3-6-17-12;/h3-7,10H,2,8-9H2,1H3,(H2,14,15,16);1H. The minimum absolute atomic E-state index is 0. The molecule has 0 aliphatic heterocycles. The van der Waals surface area contributed by atoms with E-state index in [1.165, 1.54) is 5.56 Å². The number of thiophene rings is 1. The van der Waals surface area contributed by atoms with Crippen LogP contribution >= 0.6 is 35.3 Å². The number of aliphatic imine (C=N–C) groups is 1. The van der Waals surface area contributed by atoms with E-state index in [9.17, 15) is 0 Å². The molecule has 0 spiro atoms. The summed E-state index contributed by atoms with van der Waals surface area (Å²) in [6.45, 7) is 4.22. The van der Waals surface area contributed by atoms with Crippen molar-refractivity contribution in [2.45, 2.75) is 20.0 Å². The Hall–Kier alpha value is -1.02. The van der Waals surface area contributed by atoms with Crippen LogP contribution in [0.3, 0.4) is 0 Å². The molecule has 0 radical (unpaired) electrons. The molecule has 2 N–H and O–H groups in total. The predicted octanol–water partition coefficient (Wildman–Crippen LogP) is 3.21. The fraction of sp³-hybridized carbons (Fsp3) is 0.308. The van der Waals surface area contributed by atoms with Crippen LogP contribution in [0, 0.1) is 0 Å². The van der Waals surface area contributed by atoms with E-state index < -0.39 is 0 Å². The predicted molar refractivity (Wildman–Crippen MR) is 90.1 cm³/mol. The summed E-state index contributed by atoms with van der Waals surface area (Å²) >= 11 is 1.69. The fourth-order valence-electron chi connectivity index (χ4n) is 1.48. The Kier molecular flexibility index (Phi) is 7.57. The highest BCUT2D eigenvalue weighted by atomic mass is 127. The Balaban J connectivity index is 0.00000180. The van der Waals surface area contributed by atoms with Gasteiger partial charge in [0.25, 0.3) is 0 Å². The Morgan fingerprint density at radius 2 is 2.26 bits per heavy atom. The summed E-state index contributed by atoms with van der Waals surface area (Å²) in [7, 11) is 0. The molecule has 2 aromatic rings. The van der Waals surface area contributed by atoms with Gasteiger partial charge in [0.05, 0.1) is 19.4 Å². The molecule has 0 saturated carbocycles. The van der Waals surface area contributed by atoms with Crippen LogP contribution in [0.2, 0.25) is 0 Å². The molecule has 2 heterocycles. The van der Waals surface area contributed by atoms with Crippen molar-refractivity contribution in [2.75, 3.05) is 6.54 Å². The molecule has 0 unspecified atom stereocenters. The summed E-state index contributed by atoms with van der Waals surface area (Å²) in [4.78, 5) is 4.51. The van der Waals surface area contributed by atoms with Crippen molar-refractivity contribution in [1.82, 2.24) is 10.6 Å². The van der Waals surface area contributed by atoms with Crippen LogP contribution in [0.15, 0.2) is 44.6 Å². The largest absolute Gasteiger partial charge is 0.467 e. The van der Waals surface area contributed by atoms with Gasteiger partial charge in [-0.2, -0.15) is 11.3 Å². The molecule has 0 aliphatic rings. The zero-order valence-corrected chi connectivity index (χ0v) is 13.9. The smallest absolute Gasteiger partial charge is 0.191 e. The quantitative estimate of drug-likeness (QED) is 0.468. The highest BCUT2D eigenvalue weighted by molar-refractivity contribution is 14.0. The Morgan fingerprint density at radius 3 is 2.89 bits per heavy atom. The first-order valence-corrected chi connectivity index (χ1v) is 6.88. The van der Waals surface area contributed by atoms with Gasteiger partial charge in [0, 0.05) is 6.54 Å². The molecule has 0 fully saturated rings. The number of nitrogens with zero attached hydrogens (tertiary/aromatic N) is 1. The van der Waals surface area contributed by atoms with E-state index in [4.69, 9.17) is 4.42 Å². The molecule has 2 aromatic heterocycles. The van der Waals surface area contributed by atoms with Gasteiger partial charge in [-0.3, -0.25) is 0 Å². The molecule has 19 heavy (non-hydrogen) atoms. The van der Waals surface area contributed by atoms with E-state index in [0.29, 0.717) is 13.1 Å². The van der Waals surface area contributed by atoms with E-state index in [2.05, 4.69) is 39.4 Å². The molecule has 0 atom stereocenters. The van der Waals surface area contributed by atoms with Crippen molar-refractivity contribution in [1.29, 1.82) is 0 Å². The third-order valence-electron chi connectivity index (χ3n) is 2.35. The second-order valence-corrected chi connectivity index (χ2v) is 4.54. The van der Waals surface area contributed by atoms with E-state index in [1.54, 1.807) is 17.6 Å². The second kappa shape index (κ2) is 8.98. The lowest BCUT2D eigenvalue weighted by Gasteiger charge is -2.09. The highest BCUT2D eigenvalue weighted by Gasteiger charge is 2.00. The van der Waals surface area contributed by atoms with Gasteiger partial charge in [0.2, 0.25) is 0 Å². The summed E-state index contributed by atoms with van der Waals surface area (Å²) in [5.41, 5.74) is 1.23. The van der Waals surface area contributed by atoms with Gasteiger partial charge in [-0.1, -0.05) is 0 Å². The van der Waals surface area contributed by atoms with Crippen molar-refractivity contribution >= 4 is 41.3 Å². The lowest BCUT2D eigenvalue weighted by atomic mass is 10.3. The molecule has 0 amide bonds. The van der Waals surface area contributed by atoms with Crippen molar-refractivity contribution in [3.05, 3.63) is 46.5 Å². The Labute approximate surface area is 134 Å². The maximum Gasteiger partial charge on any atom is 0.191 e. The number of rotatable bonds is 5. The maximum absolute atomic E-state index is 5.27. The molecule has 4 nitrogen and oxygen atoms in total. The molecule has 2 rings (SSSR count). The number of hydrogen-bond acceptors (Lipinski definition) is 3. The minimum atomic E-state index is 0. The lowest BCUT2D eigenvalue weighted by molar-refractivity contribution is 0.501. The molecule has 0 saturated heterocycles. The first kappa shape index (κ1) is 16.0. The topological polar surface area (TPSA) is 49.6 Å². The van der Waals surface area contributed by atoms with Crippen molar-refractivity contribution in [2.24, 2.45) is 4.99 Å². The SMILES string of the molecule is CCNC(=NCc1ccsc1)NCc1ccco1.I. The van der Waals surface area contributed by atoms with Crippen LogP contribution in [-0.2, 0) is 13.1 Å². The highest BCUT2D eigenvalue weighted by Crippen LogP contribution is 2.06. The number of guanidine groups is 1. The average molecular weight is 391 g/mol. The zero-order chi connectivity index (χ0) is 12.6. The van der Waals surface area contributed by atoms with Gasteiger partial charge >= 0.3 is 0 Å². The third kappa shape index (κ3) is 5.65. The maximum atomic E-state index is 5.27. The van der Waals surface area contributed by atoms with Gasteiger partial charge in [-0.25, -0.2) is 4.99 Å². The molecule has 104 valence electrons. The van der Waals surface area contributed by atoms with Crippen molar-refractivity contribution in [3.63, 3.8) is 0 Å². The zero-order valence-electron chi connectivity index (χ0n) is 10.8. The number of nitrogens with one attached hydrogen (secondary N) is 2. The van der Waals surface area contributed by atoms with Crippen LogP contribution in [0.25, 0.3) is 0 Å². The van der Waals surface area contributed by atoms with E-state index in [1.807, 2.05) is 12.1 Å². The van der Waals surface area contributed by atoms with Gasteiger partial charge in [0.15, 0.2) is 5.96 Å². The Bertz CT molecular complexity index is 468. The first-order valence-electron chi connectivity index (χ1n) is 5.94. The number of halogens is 1. The van der Waals surface area contributed by atoms with Crippen LogP contribution in [0.4, 0.5) is 0 Å². The van der Waals surface area contributed by atoms with Crippen LogP contribution in [-0.4, -0.2) is 12.5 Å². The van der Waals surface area contributed by atoms with Crippen LogP contribution in [0.5, 0.6) is 0 Å². The van der Waals surface area contributed by atoms with Gasteiger partial charge < -0.3 is 15.1 Å². The molecular formula is C13H18IN3OS. The number of hydrogen-bond donors (Lipinski definition) is 2. The fourth-order valence-corrected chi connectivity index (χ4v) is 2.14. The number of furan rings is 1. The monoisotopic (exact) mass is 391 g/mol. The van der Waals surface area contributed by atoms with E-state index >= 15 is 0 Å². The normalized spacial score (nSPS) is 10.9. The van der Waals surface area contributed by atoms with E-state index in [0.717, 1.165) is 18.3 Å². The molecule has 0 aliphatic carbocycles. The molecular weight excluding hydrogens is 373 g/mol. The van der Waals surface area contributed by atoms with Crippen molar-refractivity contribution in [3.8, 4) is 0 Å². The Morgan fingerprint density at radius 1 is 1.37 bits per heavy atom. The van der Waals surface area contributed by atoms with E-state index in [-0.39, 0.29) is 24.0 Å². The van der Waals surface area contributed by atoms with Crippen molar-refractivity contribution < 1.29 is 4.42 Å². The van der Waals surface area contributed by atoms with Crippen LogP contribution in [0.1, 0.15) is 18.2 Å². The summed E-state index contributed by atoms with van der Waals surface area (Å²) in [5, 5.41) is 10.6. The molecule has 0 aromatic carbocycles.